The molecule has 2 aromatic carbocycles. The fourth-order valence-electron chi connectivity index (χ4n) is 1.99. The van der Waals surface area contributed by atoms with Crippen molar-refractivity contribution in [2.75, 3.05) is 5.32 Å². The number of urea groups is 1. The topological polar surface area (TPSA) is 61.4 Å². The quantitative estimate of drug-likeness (QED) is 0.702. The first-order valence-corrected chi connectivity index (χ1v) is 7.74. The van der Waals surface area contributed by atoms with Crippen molar-refractivity contribution in [2.24, 2.45) is 0 Å². The molecule has 0 heterocycles. The molecule has 23 heavy (non-hydrogen) atoms. The van der Waals surface area contributed by atoms with Crippen LogP contribution >= 0.6 is 11.8 Å². The minimum Gasteiger partial charge on any atom is -0.392 e. The lowest BCUT2D eigenvalue weighted by molar-refractivity contribution is 0.251. The van der Waals surface area contributed by atoms with Crippen LogP contribution in [0.1, 0.15) is 11.1 Å². The van der Waals surface area contributed by atoms with Crippen LogP contribution in [0.2, 0.25) is 0 Å². The number of carbonyl (C=O) groups excluding carboxylic acids is 1. The van der Waals surface area contributed by atoms with Crippen LogP contribution < -0.4 is 10.6 Å². The van der Waals surface area contributed by atoms with E-state index in [-0.39, 0.29) is 13.2 Å². The molecule has 0 atom stereocenters. The van der Waals surface area contributed by atoms with Crippen molar-refractivity contribution < 1.29 is 18.7 Å². The number of halogens is 2. The molecule has 3 N–H and O–H groups in total. The SMILES string of the molecule is O=C(NCc1ccccc1CO)Nc1cccc(SC(F)F)c1. The normalized spacial score (nSPS) is 10.6. The summed E-state index contributed by atoms with van der Waals surface area (Å²) in [6, 6.07) is 13.0. The Bertz CT molecular complexity index is 668. The third kappa shape index (κ3) is 5.54. The van der Waals surface area contributed by atoms with E-state index in [2.05, 4.69) is 10.6 Å². The largest absolute Gasteiger partial charge is 0.392 e. The van der Waals surface area contributed by atoms with Gasteiger partial charge in [-0.15, -0.1) is 0 Å². The molecular weight excluding hydrogens is 322 g/mol. The van der Waals surface area contributed by atoms with E-state index in [1.165, 1.54) is 6.07 Å². The van der Waals surface area contributed by atoms with Crippen LogP contribution in [0.25, 0.3) is 0 Å². The molecule has 122 valence electrons. The van der Waals surface area contributed by atoms with Crippen LogP contribution in [0.4, 0.5) is 19.3 Å². The number of amides is 2. The van der Waals surface area contributed by atoms with Gasteiger partial charge in [-0.2, -0.15) is 8.78 Å². The van der Waals surface area contributed by atoms with Crippen LogP contribution in [0.3, 0.4) is 0 Å². The number of hydrogen-bond donors (Lipinski definition) is 3. The van der Waals surface area contributed by atoms with Crippen molar-refractivity contribution in [3.63, 3.8) is 0 Å². The van der Waals surface area contributed by atoms with E-state index in [0.717, 1.165) is 11.1 Å². The summed E-state index contributed by atoms with van der Waals surface area (Å²) >= 11 is 0.422. The summed E-state index contributed by atoms with van der Waals surface area (Å²) in [5.74, 6) is -2.51. The Balaban J connectivity index is 1.92. The predicted octanol–water partition coefficient (Wildman–Crippen LogP) is 3.82. The molecule has 0 aromatic heterocycles. The Hall–Kier alpha value is -2.12. The molecule has 0 saturated heterocycles. The molecule has 2 rings (SSSR count). The molecule has 0 saturated carbocycles. The summed E-state index contributed by atoms with van der Waals surface area (Å²) in [5.41, 5.74) is 1.99. The summed E-state index contributed by atoms with van der Waals surface area (Å²) in [7, 11) is 0. The van der Waals surface area contributed by atoms with E-state index in [4.69, 9.17) is 0 Å². The van der Waals surface area contributed by atoms with Crippen molar-refractivity contribution >= 4 is 23.5 Å². The number of anilines is 1. The van der Waals surface area contributed by atoms with E-state index < -0.39 is 11.8 Å². The van der Waals surface area contributed by atoms with Crippen LogP contribution in [-0.2, 0) is 13.2 Å². The summed E-state index contributed by atoms with van der Waals surface area (Å²) in [6.07, 6.45) is 0. The van der Waals surface area contributed by atoms with Gasteiger partial charge < -0.3 is 15.7 Å². The number of aliphatic hydroxyl groups is 1. The number of alkyl halides is 2. The fraction of sp³-hybridized carbons (Fsp3) is 0.188. The first-order valence-electron chi connectivity index (χ1n) is 6.86. The fourth-order valence-corrected chi connectivity index (χ4v) is 2.54. The van der Waals surface area contributed by atoms with Gasteiger partial charge in [0.25, 0.3) is 5.76 Å². The Morgan fingerprint density at radius 1 is 1.13 bits per heavy atom. The number of aliphatic hydroxyl groups excluding tert-OH is 1. The number of nitrogens with one attached hydrogen (secondary N) is 2. The first-order chi connectivity index (χ1) is 11.1. The van der Waals surface area contributed by atoms with Gasteiger partial charge in [0.05, 0.1) is 6.61 Å². The second kappa shape index (κ2) is 8.50. The molecule has 7 heteroatoms. The van der Waals surface area contributed by atoms with Crippen LogP contribution in [0.15, 0.2) is 53.4 Å². The summed E-state index contributed by atoms with van der Waals surface area (Å²) in [4.78, 5) is 12.3. The summed E-state index contributed by atoms with van der Waals surface area (Å²) in [5, 5.41) is 14.5. The molecule has 0 aliphatic carbocycles. The molecule has 0 aliphatic heterocycles. The number of benzene rings is 2. The number of thioether (sulfide) groups is 1. The lowest BCUT2D eigenvalue weighted by atomic mass is 10.1. The number of rotatable bonds is 6. The van der Waals surface area contributed by atoms with Gasteiger partial charge in [-0.1, -0.05) is 42.1 Å². The molecular formula is C16H16F2N2O2S. The maximum Gasteiger partial charge on any atom is 0.319 e. The maximum atomic E-state index is 12.3. The third-order valence-electron chi connectivity index (χ3n) is 3.05. The van der Waals surface area contributed by atoms with E-state index in [1.807, 2.05) is 12.1 Å². The molecule has 0 spiro atoms. The van der Waals surface area contributed by atoms with Gasteiger partial charge in [0.2, 0.25) is 0 Å². The van der Waals surface area contributed by atoms with Gasteiger partial charge in [0, 0.05) is 17.1 Å². The van der Waals surface area contributed by atoms with Crippen molar-refractivity contribution in [1.29, 1.82) is 0 Å². The lowest BCUT2D eigenvalue weighted by Gasteiger charge is -2.11. The highest BCUT2D eigenvalue weighted by Crippen LogP contribution is 2.27. The highest BCUT2D eigenvalue weighted by molar-refractivity contribution is 7.99. The van der Waals surface area contributed by atoms with E-state index >= 15 is 0 Å². The van der Waals surface area contributed by atoms with Gasteiger partial charge in [0.15, 0.2) is 0 Å². The molecule has 0 radical (unpaired) electrons. The third-order valence-corrected chi connectivity index (χ3v) is 3.75. The maximum absolute atomic E-state index is 12.3. The van der Waals surface area contributed by atoms with E-state index in [9.17, 15) is 18.7 Å². The van der Waals surface area contributed by atoms with Gasteiger partial charge in [-0.3, -0.25) is 0 Å². The predicted molar refractivity (Wildman–Crippen MR) is 86.5 cm³/mol. The zero-order valence-electron chi connectivity index (χ0n) is 12.1. The molecule has 0 fully saturated rings. The van der Waals surface area contributed by atoms with Crippen molar-refractivity contribution in [1.82, 2.24) is 5.32 Å². The minimum absolute atomic E-state index is 0.105. The van der Waals surface area contributed by atoms with Gasteiger partial charge in [0.1, 0.15) is 0 Å². The standard InChI is InChI=1S/C16H16F2N2O2S/c17-15(18)23-14-7-3-6-13(8-14)20-16(22)19-9-11-4-1-2-5-12(11)10-21/h1-8,15,21H,9-10H2,(H2,19,20,22). The van der Waals surface area contributed by atoms with Gasteiger partial charge in [-0.25, -0.2) is 4.79 Å². The highest BCUT2D eigenvalue weighted by Gasteiger charge is 2.08. The highest BCUT2D eigenvalue weighted by atomic mass is 32.2. The lowest BCUT2D eigenvalue weighted by Crippen LogP contribution is -2.28. The van der Waals surface area contributed by atoms with Gasteiger partial charge >= 0.3 is 6.03 Å². The summed E-state index contributed by atoms with van der Waals surface area (Å²) < 4.78 is 24.7. The van der Waals surface area contributed by atoms with Crippen LogP contribution in [0, 0.1) is 0 Å². The minimum atomic E-state index is -2.51. The molecule has 0 bridgehead atoms. The zero-order chi connectivity index (χ0) is 16.7. The van der Waals surface area contributed by atoms with Crippen molar-refractivity contribution in [3.8, 4) is 0 Å². The number of carbonyl (C=O) groups is 1. The molecule has 0 unspecified atom stereocenters. The van der Waals surface area contributed by atoms with Crippen molar-refractivity contribution in [3.05, 3.63) is 59.7 Å². The van der Waals surface area contributed by atoms with Crippen molar-refractivity contribution in [2.45, 2.75) is 23.8 Å². The van der Waals surface area contributed by atoms with E-state index in [1.54, 1.807) is 30.3 Å². The second-order valence-electron chi connectivity index (χ2n) is 4.64. The zero-order valence-corrected chi connectivity index (χ0v) is 12.9. The first kappa shape index (κ1) is 17.2. The molecule has 4 nitrogen and oxygen atoms in total. The monoisotopic (exact) mass is 338 g/mol. The van der Waals surface area contributed by atoms with Crippen LogP contribution in [0.5, 0.6) is 0 Å². The van der Waals surface area contributed by atoms with Crippen LogP contribution in [-0.4, -0.2) is 16.9 Å². The molecule has 2 amide bonds. The Labute approximate surface area is 136 Å². The number of hydrogen-bond acceptors (Lipinski definition) is 3. The van der Waals surface area contributed by atoms with E-state index in [0.29, 0.717) is 22.3 Å². The Morgan fingerprint density at radius 3 is 2.57 bits per heavy atom. The Morgan fingerprint density at radius 2 is 1.87 bits per heavy atom. The van der Waals surface area contributed by atoms with Gasteiger partial charge in [-0.05, 0) is 29.3 Å². The average molecular weight is 338 g/mol. The molecule has 2 aromatic rings. The second-order valence-corrected chi connectivity index (χ2v) is 5.70. The smallest absolute Gasteiger partial charge is 0.319 e. The molecule has 0 aliphatic rings. The average Bonchev–Trinajstić information content (AvgIpc) is 2.53. The Kier molecular flexibility index (Phi) is 6.37. The summed E-state index contributed by atoms with van der Waals surface area (Å²) in [6.45, 7) is 0.153.